The zero-order chi connectivity index (χ0) is 13.9. The van der Waals surface area contributed by atoms with E-state index < -0.39 is 0 Å². The number of ether oxygens (including phenoxy) is 2. The number of rotatable bonds is 10. The summed E-state index contributed by atoms with van der Waals surface area (Å²) in [6.07, 6.45) is 0. The Morgan fingerprint density at radius 2 is 1.79 bits per heavy atom. The maximum atomic E-state index is 5.21. The van der Waals surface area contributed by atoms with E-state index in [0.717, 1.165) is 32.8 Å². The highest BCUT2D eigenvalue weighted by Gasteiger charge is 2.01. The van der Waals surface area contributed by atoms with Crippen LogP contribution in [-0.2, 0) is 22.6 Å². The lowest BCUT2D eigenvalue weighted by Crippen LogP contribution is -2.31. The number of hydrogen-bond acceptors (Lipinski definition) is 4. The predicted octanol–water partition coefficient (Wildman–Crippen LogP) is 1.50. The Balaban J connectivity index is 2.25. The summed E-state index contributed by atoms with van der Waals surface area (Å²) >= 11 is 0. The van der Waals surface area contributed by atoms with Gasteiger partial charge in [0.1, 0.15) is 0 Å². The maximum Gasteiger partial charge on any atom is 0.0716 e. The molecule has 0 amide bonds. The van der Waals surface area contributed by atoms with E-state index in [0.29, 0.717) is 6.61 Å². The fraction of sp³-hybridized carbons (Fsp3) is 0.600. The third-order valence-electron chi connectivity index (χ3n) is 3.08. The molecule has 1 rings (SSSR count). The highest BCUT2D eigenvalue weighted by atomic mass is 16.5. The Morgan fingerprint density at radius 1 is 1.05 bits per heavy atom. The number of benzene rings is 1. The van der Waals surface area contributed by atoms with E-state index in [1.807, 2.05) is 0 Å². The van der Waals surface area contributed by atoms with Crippen molar-refractivity contribution in [3.05, 3.63) is 35.4 Å². The molecule has 0 radical (unpaired) electrons. The molecule has 108 valence electrons. The zero-order valence-electron chi connectivity index (χ0n) is 12.3. The number of nitrogens with one attached hydrogen (secondary N) is 1. The molecule has 19 heavy (non-hydrogen) atoms. The second kappa shape index (κ2) is 9.92. The Hall–Kier alpha value is -0.940. The first-order valence-corrected chi connectivity index (χ1v) is 6.72. The molecule has 0 heterocycles. The van der Waals surface area contributed by atoms with Crippen molar-refractivity contribution >= 4 is 0 Å². The number of methoxy groups -OCH3 is 2. The first kappa shape index (κ1) is 16.1. The molecule has 0 atom stereocenters. The average Bonchev–Trinajstić information content (AvgIpc) is 2.43. The van der Waals surface area contributed by atoms with Gasteiger partial charge in [-0.15, -0.1) is 0 Å². The molecule has 0 aliphatic rings. The van der Waals surface area contributed by atoms with Crippen LogP contribution >= 0.6 is 0 Å². The van der Waals surface area contributed by atoms with E-state index in [-0.39, 0.29) is 0 Å². The number of nitrogens with zero attached hydrogens (tertiary/aromatic N) is 1. The molecule has 4 nitrogen and oxygen atoms in total. The van der Waals surface area contributed by atoms with Gasteiger partial charge in [0.15, 0.2) is 0 Å². The Bertz CT molecular complexity index is 345. The summed E-state index contributed by atoms with van der Waals surface area (Å²) in [4.78, 5) is 2.26. The van der Waals surface area contributed by atoms with Crippen molar-refractivity contribution in [1.82, 2.24) is 10.2 Å². The van der Waals surface area contributed by atoms with Crippen molar-refractivity contribution in [3.8, 4) is 0 Å². The molecule has 0 spiro atoms. The van der Waals surface area contributed by atoms with E-state index in [1.54, 1.807) is 14.2 Å². The number of hydrogen-bond donors (Lipinski definition) is 1. The van der Waals surface area contributed by atoms with Gasteiger partial charge in [-0.1, -0.05) is 24.3 Å². The van der Waals surface area contributed by atoms with Gasteiger partial charge in [0.2, 0.25) is 0 Å². The van der Waals surface area contributed by atoms with Gasteiger partial charge in [-0.2, -0.15) is 0 Å². The third-order valence-corrected chi connectivity index (χ3v) is 3.08. The predicted molar refractivity (Wildman–Crippen MR) is 78.2 cm³/mol. The molecule has 1 aromatic rings. The van der Waals surface area contributed by atoms with Crippen molar-refractivity contribution in [1.29, 1.82) is 0 Å². The second-order valence-electron chi connectivity index (χ2n) is 4.67. The summed E-state index contributed by atoms with van der Waals surface area (Å²) in [6, 6.07) is 8.39. The fourth-order valence-corrected chi connectivity index (χ4v) is 1.88. The fourth-order valence-electron chi connectivity index (χ4n) is 1.88. The van der Waals surface area contributed by atoms with Crippen LogP contribution in [0.2, 0.25) is 0 Å². The molecule has 1 N–H and O–H groups in total. The van der Waals surface area contributed by atoms with Crippen LogP contribution in [0.4, 0.5) is 0 Å². The van der Waals surface area contributed by atoms with Gasteiger partial charge in [0.05, 0.1) is 13.2 Å². The van der Waals surface area contributed by atoms with Crippen molar-refractivity contribution < 1.29 is 9.47 Å². The van der Waals surface area contributed by atoms with Gasteiger partial charge in [-0.3, -0.25) is 0 Å². The van der Waals surface area contributed by atoms with Crippen LogP contribution in [0.25, 0.3) is 0 Å². The molecule has 0 fully saturated rings. The maximum absolute atomic E-state index is 5.21. The van der Waals surface area contributed by atoms with Crippen LogP contribution in [0.15, 0.2) is 24.3 Å². The average molecular weight is 266 g/mol. The van der Waals surface area contributed by atoms with Crippen molar-refractivity contribution in [2.75, 3.05) is 47.5 Å². The van der Waals surface area contributed by atoms with Crippen molar-refractivity contribution in [2.45, 2.75) is 13.2 Å². The number of likely N-dealkylation sites (N-methyl/N-ethyl adjacent to an activating group) is 1. The molecule has 0 unspecified atom stereocenters. The van der Waals surface area contributed by atoms with Crippen molar-refractivity contribution in [3.63, 3.8) is 0 Å². The van der Waals surface area contributed by atoms with Gasteiger partial charge in [-0.05, 0) is 18.2 Å². The Kier molecular flexibility index (Phi) is 8.41. The molecule has 0 bridgehead atoms. The molecule has 0 aromatic heterocycles. The van der Waals surface area contributed by atoms with Gasteiger partial charge < -0.3 is 19.7 Å². The third kappa shape index (κ3) is 6.68. The lowest BCUT2D eigenvalue weighted by molar-refractivity contribution is 0.161. The second-order valence-corrected chi connectivity index (χ2v) is 4.67. The van der Waals surface area contributed by atoms with Crippen LogP contribution in [0.5, 0.6) is 0 Å². The van der Waals surface area contributed by atoms with Gasteiger partial charge in [0, 0.05) is 40.4 Å². The standard InChI is InChI=1S/C15H26N2O2/c1-17(10-11-18-2)9-8-16-12-14-6-4-5-7-15(14)13-19-3/h4-7,16H,8-13H2,1-3H3. The van der Waals surface area contributed by atoms with E-state index in [1.165, 1.54) is 11.1 Å². The largest absolute Gasteiger partial charge is 0.383 e. The lowest BCUT2D eigenvalue weighted by atomic mass is 10.1. The first-order chi connectivity index (χ1) is 9.27. The van der Waals surface area contributed by atoms with Gasteiger partial charge in [0.25, 0.3) is 0 Å². The normalized spacial score (nSPS) is 11.2. The minimum absolute atomic E-state index is 0.672. The summed E-state index contributed by atoms with van der Waals surface area (Å²) in [5, 5.41) is 3.47. The lowest BCUT2D eigenvalue weighted by Gasteiger charge is -2.16. The van der Waals surface area contributed by atoms with Crippen LogP contribution in [0.1, 0.15) is 11.1 Å². The monoisotopic (exact) mass is 266 g/mol. The summed E-state index contributed by atoms with van der Waals surface area (Å²) < 4.78 is 10.3. The van der Waals surface area contributed by atoms with Crippen molar-refractivity contribution in [2.24, 2.45) is 0 Å². The summed E-state index contributed by atoms with van der Waals surface area (Å²) in [7, 11) is 5.58. The first-order valence-electron chi connectivity index (χ1n) is 6.72. The van der Waals surface area contributed by atoms with E-state index in [2.05, 4.69) is 41.5 Å². The van der Waals surface area contributed by atoms with Crippen LogP contribution < -0.4 is 5.32 Å². The molecule has 0 saturated heterocycles. The van der Waals surface area contributed by atoms with E-state index in [9.17, 15) is 0 Å². The summed E-state index contributed by atoms with van der Waals surface area (Å²) in [5.41, 5.74) is 2.56. The molecular formula is C15H26N2O2. The SMILES string of the molecule is COCCN(C)CCNCc1ccccc1COC. The minimum atomic E-state index is 0.672. The van der Waals surface area contributed by atoms with Gasteiger partial charge in [-0.25, -0.2) is 0 Å². The van der Waals surface area contributed by atoms with Gasteiger partial charge >= 0.3 is 0 Å². The highest BCUT2D eigenvalue weighted by Crippen LogP contribution is 2.09. The smallest absolute Gasteiger partial charge is 0.0716 e. The topological polar surface area (TPSA) is 33.7 Å². The van der Waals surface area contributed by atoms with Crippen LogP contribution in [0, 0.1) is 0 Å². The zero-order valence-corrected chi connectivity index (χ0v) is 12.3. The van der Waals surface area contributed by atoms with Crippen LogP contribution in [0.3, 0.4) is 0 Å². The molecule has 0 aliphatic heterocycles. The summed E-state index contributed by atoms with van der Waals surface area (Å²) in [5.74, 6) is 0. The highest BCUT2D eigenvalue weighted by molar-refractivity contribution is 5.26. The van der Waals surface area contributed by atoms with E-state index >= 15 is 0 Å². The molecule has 1 aromatic carbocycles. The Labute approximate surface area is 116 Å². The Morgan fingerprint density at radius 3 is 2.47 bits per heavy atom. The molecule has 0 saturated carbocycles. The molecule has 0 aliphatic carbocycles. The van der Waals surface area contributed by atoms with E-state index in [4.69, 9.17) is 9.47 Å². The minimum Gasteiger partial charge on any atom is -0.383 e. The quantitative estimate of drug-likeness (QED) is 0.651. The van der Waals surface area contributed by atoms with Crippen LogP contribution in [-0.4, -0.2) is 52.4 Å². The summed E-state index contributed by atoms with van der Waals surface area (Å²) in [6.45, 7) is 5.31. The molecular weight excluding hydrogens is 240 g/mol. The molecule has 4 heteroatoms.